The van der Waals surface area contributed by atoms with Gasteiger partial charge in [-0.3, -0.25) is 0 Å². The first-order valence-corrected chi connectivity index (χ1v) is 6.13. The molecule has 1 rings (SSSR count). The van der Waals surface area contributed by atoms with E-state index in [4.69, 9.17) is 16.3 Å². The summed E-state index contributed by atoms with van der Waals surface area (Å²) < 4.78 is 18.7. The first kappa shape index (κ1) is 13.9. The lowest BCUT2D eigenvalue weighted by molar-refractivity contribution is 0.270. The minimum Gasteiger partial charge on any atom is -0.493 e. The summed E-state index contributed by atoms with van der Waals surface area (Å²) in [6, 6.07) is 4.51. The molecule has 92 valence electrons. The molecule has 0 amide bonds. The van der Waals surface area contributed by atoms with Gasteiger partial charge in [0.15, 0.2) is 0 Å². The molecule has 3 heteroatoms. The van der Waals surface area contributed by atoms with E-state index < -0.39 is 0 Å². The fourth-order valence-electron chi connectivity index (χ4n) is 1.19. The highest BCUT2D eigenvalue weighted by Crippen LogP contribution is 2.16. The van der Waals surface area contributed by atoms with Crippen molar-refractivity contribution in [3.63, 3.8) is 0 Å². The van der Waals surface area contributed by atoms with Crippen molar-refractivity contribution in [1.29, 1.82) is 0 Å². The van der Waals surface area contributed by atoms with E-state index in [0.29, 0.717) is 36.1 Å². The largest absolute Gasteiger partial charge is 0.493 e. The summed E-state index contributed by atoms with van der Waals surface area (Å²) in [7, 11) is 0. The highest BCUT2D eigenvalue weighted by molar-refractivity contribution is 6.18. The fraction of sp³-hybridized carbons (Fsp3) is 0.429. The second-order valence-corrected chi connectivity index (χ2v) is 4.50. The summed E-state index contributed by atoms with van der Waals surface area (Å²) in [4.78, 5) is 0. The Hall–Kier alpha value is -1.20. The number of alkyl halides is 1. The van der Waals surface area contributed by atoms with Gasteiger partial charge in [-0.15, -0.1) is 11.6 Å². The Morgan fingerprint density at radius 1 is 1.35 bits per heavy atom. The number of hydrogen-bond acceptors (Lipinski definition) is 1. The lowest BCUT2D eigenvalue weighted by Gasteiger charge is -2.08. The Labute approximate surface area is 107 Å². The van der Waals surface area contributed by atoms with E-state index in [1.165, 1.54) is 12.1 Å². The fourth-order valence-corrected chi connectivity index (χ4v) is 1.29. The van der Waals surface area contributed by atoms with E-state index in [1.807, 2.05) is 13.8 Å². The molecular formula is C14H16ClFO. The van der Waals surface area contributed by atoms with Gasteiger partial charge < -0.3 is 4.74 Å². The van der Waals surface area contributed by atoms with Gasteiger partial charge in [-0.2, -0.15) is 0 Å². The van der Waals surface area contributed by atoms with Crippen LogP contribution < -0.4 is 4.74 Å². The molecule has 0 aliphatic carbocycles. The zero-order valence-corrected chi connectivity index (χ0v) is 10.9. The molecule has 0 radical (unpaired) electrons. The molecule has 0 aliphatic heterocycles. The van der Waals surface area contributed by atoms with Gasteiger partial charge in [0.05, 0.1) is 6.61 Å². The number of ether oxygens (including phenoxy) is 1. The Morgan fingerprint density at radius 3 is 2.76 bits per heavy atom. The van der Waals surface area contributed by atoms with Crippen LogP contribution in [0, 0.1) is 23.6 Å². The van der Waals surface area contributed by atoms with E-state index in [1.54, 1.807) is 6.07 Å². The molecule has 1 aromatic carbocycles. The zero-order chi connectivity index (χ0) is 12.7. The summed E-state index contributed by atoms with van der Waals surface area (Å²) in [6.45, 7) is 4.65. The number of benzene rings is 1. The highest BCUT2D eigenvalue weighted by Gasteiger charge is 2.01. The van der Waals surface area contributed by atoms with Crippen LogP contribution in [-0.4, -0.2) is 12.5 Å². The molecule has 0 fully saturated rings. The molecule has 0 atom stereocenters. The number of rotatable bonds is 4. The Balaban J connectivity index is 2.76. The number of hydrogen-bond donors (Lipinski definition) is 0. The lowest BCUT2D eigenvalue weighted by atomic mass is 10.2. The Kier molecular flexibility index (Phi) is 5.86. The topological polar surface area (TPSA) is 9.23 Å². The third-order valence-electron chi connectivity index (χ3n) is 1.91. The smallest absolute Gasteiger partial charge is 0.128 e. The molecule has 0 saturated carbocycles. The predicted octanol–water partition coefficient (Wildman–Crippen LogP) is 3.84. The Morgan fingerprint density at radius 2 is 2.12 bits per heavy atom. The standard InChI is InChI=1S/C14H16ClFO/c1-11(2)10-17-14-8-12(5-3-4-6-15)7-13(16)9-14/h7-9,11H,4,6,10H2,1-2H3. The molecule has 0 bridgehead atoms. The van der Waals surface area contributed by atoms with Gasteiger partial charge in [-0.05, 0) is 18.1 Å². The van der Waals surface area contributed by atoms with E-state index >= 15 is 0 Å². The normalized spacial score (nSPS) is 9.94. The van der Waals surface area contributed by atoms with Crippen molar-refractivity contribution in [2.45, 2.75) is 20.3 Å². The van der Waals surface area contributed by atoms with Gasteiger partial charge in [0.25, 0.3) is 0 Å². The van der Waals surface area contributed by atoms with Gasteiger partial charge in [0, 0.05) is 23.9 Å². The summed E-state index contributed by atoms with van der Waals surface area (Å²) in [5.41, 5.74) is 0.619. The molecule has 0 heterocycles. The molecule has 1 aromatic rings. The van der Waals surface area contributed by atoms with Crippen molar-refractivity contribution in [2.24, 2.45) is 5.92 Å². The molecule has 0 N–H and O–H groups in total. The Bertz CT molecular complexity index is 418. The average molecular weight is 255 g/mol. The maximum atomic E-state index is 13.3. The van der Waals surface area contributed by atoms with E-state index in [2.05, 4.69) is 11.8 Å². The lowest BCUT2D eigenvalue weighted by Crippen LogP contribution is -2.04. The van der Waals surface area contributed by atoms with Crippen LogP contribution in [0.25, 0.3) is 0 Å². The maximum absolute atomic E-state index is 13.3. The monoisotopic (exact) mass is 254 g/mol. The quantitative estimate of drug-likeness (QED) is 0.586. The highest BCUT2D eigenvalue weighted by atomic mass is 35.5. The molecule has 0 aromatic heterocycles. The van der Waals surface area contributed by atoms with Gasteiger partial charge in [-0.1, -0.05) is 25.7 Å². The second-order valence-electron chi connectivity index (χ2n) is 4.12. The van der Waals surface area contributed by atoms with E-state index in [9.17, 15) is 4.39 Å². The maximum Gasteiger partial charge on any atom is 0.128 e. The van der Waals surface area contributed by atoms with Crippen molar-refractivity contribution in [1.82, 2.24) is 0 Å². The minimum absolute atomic E-state index is 0.332. The van der Waals surface area contributed by atoms with Crippen LogP contribution >= 0.6 is 11.6 Å². The second kappa shape index (κ2) is 7.19. The molecule has 0 aliphatic rings. The van der Waals surface area contributed by atoms with Crippen LogP contribution in [-0.2, 0) is 0 Å². The van der Waals surface area contributed by atoms with Crippen molar-refractivity contribution in [3.8, 4) is 17.6 Å². The van der Waals surface area contributed by atoms with Crippen LogP contribution in [0.4, 0.5) is 4.39 Å². The van der Waals surface area contributed by atoms with Gasteiger partial charge >= 0.3 is 0 Å². The van der Waals surface area contributed by atoms with Gasteiger partial charge in [-0.25, -0.2) is 4.39 Å². The third kappa shape index (κ3) is 5.60. The third-order valence-corrected chi connectivity index (χ3v) is 2.10. The summed E-state index contributed by atoms with van der Waals surface area (Å²) in [6.07, 6.45) is 0.597. The summed E-state index contributed by atoms with van der Waals surface area (Å²) >= 11 is 5.51. The van der Waals surface area contributed by atoms with E-state index in [-0.39, 0.29) is 5.82 Å². The minimum atomic E-state index is -0.332. The van der Waals surface area contributed by atoms with Crippen LogP contribution in [0.2, 0.25) is 0 Å². The van der Waals surface area contributed by atoms with Crippen molar-refractivity contribution in [2.75, 3.05) is 12.5 Å². The van der Waals surface area contributed by atoms with E-state index in [0.717, 1.165) is 0 Å². The zero-order valence-electron chi connectivity index (χ0n) is 10.1. The molecule has 0 unspecified atom stereocenters. The molecule has 0 spiro atoms. The summed E-state index contributed by atoms with van der Waals surface area (Å²) in [5, 5.41) is 0. The van der Waals surface area contributed by atoms with Gasteiger partial charge in [0.1, 0.15) is 11.6 Å². The number of halogens is 2. The summed E-state index contributed by atoms with van der Waals surface area (Å²) in [5.74, 6) is 6.81. The van der Waals surface area contributed by atoms with Crippen molar-refractivity contribution >= 4 is 11.6 Å². The molecule has 1 nitrogen and oxygen atoms in total. The molecule has 0 saturated heterocycles. The van der Waals surface area contributed by atoms with Crippen LogP contribution in [0.15, 0.2) is 18.2 Å². The van der Waals surface area contributed by atoms with Crippen molar-refractivity contribution < 1.29 is 9.13 Å². The first-order valence-electron chi connectivity index (χ1n) is 5.60. The average Bonchev–Trinajstić information content (AvgIpc) is 2.26. The SMILES string of the molecule is CC(C)COc1cc(F)cc(C#CCCCl)c1. The predicted molar refractivity (Wildman–Crippen MR) is 68.9 cm³/mol. The first-order chi connectivity index (χ1) is 8.11. The molecule has 17 heavy (non-hydrogen) atoms. The van der Waals surface area contributed by atoms with Crippen LogP contribution in [0.1, 0.15) is 25.8 Å². The molecular weight excluding hydrogens is 239 g/mol. The van der Waals surface area contributed by atoms with Crippen molar-refractivity contribution in [3.05, 3.63) is 29.6 Å². The van der Waals surface area contributed by atoms with Gasteiger partial charge in [0.2, 0.25) is 0 Å². The van der Waals surface area contributed by atoms with Crippen LogP contribution in [0.5, 0.6) is 5.75 Å². The van der Waals surface area contributed by atoms with Crippen LogP contribution in [0.3, 0.4) is 0 Å².